The van der Waals surface area contributed by atoms with Crippen molar-refractivity contribution in [3.05, 3.63) is 119 Å². The fraction of sp³-hybridized carbons (Fsp3) is 0.472. The van der Waals surface area contributed by atoms with Gasteiger partial charge in [0.1, 0.15) is 4.90 Å². The molecule has 4 aromatic carbocycles. The lowest BCUT2D eigenvalue weighted by atomic mass is 9.71. The Morgan fingerprint density at radius 2 is 1.55 bits per heavy atom. The Morgan fingerprint density at radius 3 is 2.20 bits per heavy atom. The fourth-order valence-electron chi connectivity index (χ4n) is 10.4. The van der Waals surface area contributed by atoms with Crippen molar-refractivity contribution in [2.45, 2.75) is 71.9 Å². The number of benzene rings is 4. The molecule has 0 radical (unpaired) electrons. The largest absolute Gasteiger partial charge is 0.501 e. The zero-order valence-electron chi connectivity index (χ0n) is 42.1. The standard InChI is InChI=1S/C53H65ClF3N7O8S3/c1-38-34-60(30-31-72-38)21-19-43(36-73-45-6-4-3-5-7-45)58-48-17-16-46(32-49(48)74(68,69)53(55,56)57)75(70,71)59-50(65)40-10-14-44(15-11-40)63-26-22-61(23-27-63)35-41-33-52(2,37-62-24-28-64(29-25-62)51(66)67)20-18-47(41)39-8-12-42(54)13-9-39/h3-17,32,38,43,58H,18-31,33-37H2,1-2H3,(H,59,65)(H,66,67)/t38?,43-,52-/m1/s1. The molecule has 8 rings (SSSR count). The molecule has 15 nitrogen and oxygen atoms in total. The van der Waals surface area contributed by atoms with E-state index >= 15 is 0 Å². The van der Waals surface area contributed by atoms with Crippen molar-refractivity contribution < 1.29 is 49.4 Å². The maximum Gasteiger partial charge on any atom is 0.501 e. The second-order valence-corrected chi connectivity index (χ2v) is 25.3. The van der Waals surface area contributed by atoms with Crippen molar-refractivity contribution in [2.24, 2.45) is 5.41 Å². The van der Waals surface area contributed by atoms with Crippen LogP contribution in [0, 0.1) is 5.41 Å². The number of amides is 2. The van der Waals surface area contributed by atoms with E-state index in [1.165, 1.54) is 39.9 Å². The first kappa shape index (κ1) is 56.3. The molecule has 1 aliphatic carbocycles. The molecule has 406 valence electrons. The van der Waals surface area contributed by atoms with Crippen LogP contribution in [-0.4, -0.2) is 169 Å². The van der Waals surface area contributed by atoms with E-state index in [-0.39, 0.29) is 17.1 Å². The van der Waals surface area contributed by atoms with E-state index in [1.807, 2.05) is 54.1 Å². The number of carboxylic acid groups (broad SMARTS) is 1. The lowest BCUT2D eigenvalue weighted by molar-refractivity contribution is -0.0436. The molecule has 0 saturated carbocycles. The number of halogens is 4. The molecule has 3 N–H and O–H groups in total. The molecule has 1 unspecified atom stereocenters. The maximum absolute atomic E-state index is 14.3. The monoisotopic (exact) mass is 1120 g/mol. The van der Waals surface area contributed by atoms with Crippen molar-refractivity contribution in [1.82, 2.24) is 24.3 Å². The number of piperazine rings is 2. The summed E-state index contributed by atoms with van der Waals surface area (Å²) in [6.45, 7) is 13.6. The molecule has 3 heterocycles. The number of hydrogen-bond acceptors (Lipinski definition) is 13. The summed E-state index contributed by atoms with van der Waals surface area (Å²) in [5, 5.41) is 13.1. The SMILES string of the molecule is CC1CN(CC[C@H](CSc2ccccc2)Nc2ccc(S(=O)(=O)NC(=O)c3ccc(N4CCN(CC5=C(c6ccc(Cl)cc6)CC[C@@](C)(CN6CCN(C(=O)O)CC6)C5)CC4)cc3)cc2S(=O)(=O)C(F)(F)F)CCO1. The molecular weight excluding hydrogens is 1050 g/mol. The Balaban J connectivity index is 0.915. The summed E-state index contributed by atoms with van der Waals surface area (Å²) in [4.78, 5) is 34.5. The highest BCUT2D eigenvalue weighted by atomic mass is 35.5. The number of ether oxygens (including phenoxy) is 1. The lowest BCUT2D eigenvalue weighted by Gasteiger charge is -2.44. The highest BCUT2D eigenvalue weighted by Crippen LogP contribution is 2.44. The van der Waals surface area contributed by atoms with Gasteiger partial charge in [0, 0.05) is 118 Å². The first-order valence-electron chi connectivity index (χ1n) is 25.2. The molecule has 3 aliphatic heterocycles. The van der Waals surface area contributed by atoms with E-state index < -0.39 is 58.9 Å². The fourth-order valence-corrected chi connectivity index (χ4v) is 13.6. The number of allylic oxidation sites excluding steroid dienone is 1. The van der Waals surface area contributed by atoms with E-state index in [0.29, 0.717) is 88.8 Å². The van der Waals surface area contributed by atoms with E-state index in [0.717, 1.165) is 73.7 Å². The van der Waals surface area contributed by atoms with Gasteiger partial charge in [-0.1, -0.05) is 54.4 Å². The number of nitrogens with one attached hydrogen (secondary N) is 2. The summed E-state index contributed by atoms with van der Waals surface area (Å²) in [6.07, 6.45) is 2.37. The molecule has 4 aromatic rings. The smallest absolute Gasteiger partial charge is 0.465 e. The lowest BCUT2D eigenvalue weighted by Crippen LogP contribution is -2.51. The van der Waals surface area contributed by atoms with Crippen molar-refractivity contribution in [3.63, 3.8) is 0 Å². The van der Waals surface area contributed by atoms with Crippen LogP contribution in [0.25, 0.3) is 5.57 Å². The van der Waals surface area contributed by atoms with Crippen molar-refractivity contribution >= 4 is 72.2 Å². The molecule has 0 aromatic heterocycles. The van der Waals surface area contributed by atoms with Gasteiger partial charge in [0.15, 0.2) is 0 Å². The van der Waals surface area contributed by atoms with Gasteiger partial charge >= 0.3 is 11.6 Å². The number of sulfone groups is 1. The number of anilines is 2. The Bertz CT molecular complexity index is 2890. The third-order valence-corrected chi connectivity index (χ3v) is 18.8. The van der Waals surface area contributed by atoms with E-state index in [4.69, 9.17) is 16.3 Å². The van der Waals surface area contributed by atoms with Crippen molar-refractivity contribution in [1.29, 1.82) is 0 Å². The Morgan fingerprint density at radius 1 is 0.867 bits per heavy atom. The number of morpholine rings is 1. The normalized spacial score (nSPS) is 21.2. The zero-order valence-corrected chi connectivity index (χ0v) is 45.3. The average Bonchev–Trinajstić information content (AvgIpc) is 3.38. The maximum atomic E-state index is 14.3. The summed E-state index contributed by atoms with van der Waals surface area (Å²) in [7, 11) is -11.0. The third-order valence-electron chi connectivity index (χ3n) is 14.5. The van der Waals surface area contributed by atoms with Crippen LogP contribution in [-0.2, 0) is 24.6 Å². The molecule has 3 fully saturated rings. The molecule has 2 amide bonds. The number of carbonyl (C=O) groups is 2. The highest BCUT2D eigenvalue weighted by Gasteiger charge is 2.48. The minimum atomic E-state index is -6.09. The molecule has 0 spiro atoms. The van der Waals surface area contributed by atoms with Crippen LogP contribution in [0.5, 0.6) is 0 Å². The minimum Gasteiger partial charge on any atom is -0.465 e. The van der Waals surface area contributed by atoms with Gasteiger partial charge in [0.2, 0.25) is 0 Å². The molecule has 3 atom stereocenters. The van der Waals surface area contributed by atoms with Gasteiger partial charge in [-0.05, 0) is 116 Å². The topological polar surface area (TPSA) is 172 Å². The number of nitrogens with zero attached hydrogens (tertiary/aromatic N) is 5. The minimum absolute atomic E-state index is 0.00414. The second-order valence-electron chi connectivity index (χ2n) is 20.2. The summed E-state index contributed by atoms with van der Waals surface area (Å²) < 4.78 is 104. The summed E-state index contributed by atoms with van der Waals surface area (Å²) >= 11 is 7.72. The quantitative estimate of drug-likeness (QED) is 0.0810. The van der Waals surface area contributed by atoms with Gasteiger partial charge in [-0.3, -0.25) is 19.5 Å². The van der Waals surface area contributed by atoms with E-state index in [9.17, 15) is 44.7 Å². The van der Waals surface area contributed by atoms with Crippen LogP contribution in [0.3, 0.4) is 0 Å². The van der Waals surface area contributed by atoms with Gasteiger partial charge in [-0.15, -0.1) is 11.8 Å². The molecule has 0 bridgehead atoms. The predicted octanol–water partition coefficient (Wildman–Crippen LogP) is 8.50. The number of sulfonamides is 1. The number of carbonyl (C=O) groups excluding carboxylic acids is 1. The van der Waals surface area contributed by atoms with Crippen LogP contribution < -0.4 is 14.9 Å². The molecule has 4 aliphatic rings. The van der Waals surface area contributed by atoms with Crippen LogP contribution in [0.1, 0.15) is 55.5 Å². The van der Waals surface area contributed by atoms with Crippen molar-refractivity contribution in [3.8, 4) is 0 Å². The first-order chi connectivity index (χ1) is 35.6. The van der Waals surface area contributed by atoms with Crippen LogP contribution in [0.15, 0.2) is 117 Å². The van der Waals surface area contributed by atoms with Crippen LogP contribution in [0.4, 0.5) is 29.3 Å². The Labute approximate surface area is 447 Å². The average molecular weight is 1120 g/mol. The number of rotatable bonds is 18. The second kappa shape index (κ2) is 24.2. The van der Waals surface area contributed by atoms with Crippen LogP contribution in [0.2, 0.25) is 5.02 Å². The first-order valence-corrected chi connectivity index (χ1v) is 29.5. The molecule has 3 saturated heterocycles. The van der Waals surface area contributed by atoms with Crippen molar-refractivity contribution in [2.75, 3.05) is 108 Å². The number of alkyl halides is 3. The summed E-state index contributed by atoms with van der Waals surface area (Å²) in [5.74, 6) is -0.693. The molecule has 22 heteroatoms. The van der Waals surface area contributed by atoms with Gasteiger partial charge < -0.3 is 25.0 Å². The Hall–Kier alpha value is -4.87. The van der Waals surface area contributed by atoms with Gasteiger partial charge in [-0.25, -0.2) is 26.4 Å². The number of thioether (sulfide) groups is 1. The predicted molar refractivity (Wildman–Crippen MR) is 287 cm³/mol. The summed E-state index contributed by atoms with van der Waals surface area (Å²) in [6, 6.07) is 25.6. The molecular formula is C53H65ClF3N7O8S3. The zero-order chi connectivity index (χ0) is 53.5. The number of hydrogen-bond donors (Lipinski definition) is 3. The Kier molecular flexibility index (Phi) is 18.2. The third kappa shape index (κ3) is 14.6. The van der Waals surface area contributed by atoms with E-state index in [2.05, 4.69) is 44.0 Å². The van der Waals surface area contributed by atoms with E-state index in [1.54, 1.807) is 12.1 Å². The van der Waals surface area contributed by atoms with Gasteiger partial charge in [0.25, 0.3) is 25.8 Å². The van der Waals surface area contributed by atoms with Gasteiger partial charge in [0.05, 0.1) is 23.3 Å². The molecule has 75 heavy (non-hydrogen) atoms. The summed E-state index contributed by atoms with van der Waals surface area (Å²) in [5.41, 5.74) is -1.50. The van der Waals surface area contributed by atoms with Gasteiger partial charge in [-0.2, -0.15) is 13.2 Å². The van der Waals surface area contributed by atoms with Crippen LogP contribution >= 0.6 is 23.4 Å². The highest BCUT2D eigenvalue weighted by molar-refractivity contribution is 7.99.